The van der Waals surface area contributed by atoms with Crippen molar-refractivity contribution in [3.8, 4) is 0 Å². The molecule has 0 bridgehead atoms. The highest BCUT2D eigenvalue weighted by molar-refractivity contribution is 5.97. The molecule has 1 aromatic heterocycles. The third-order valence-corrected chi connectivity index (χ3v) is 4.90. The van der Waals surface area contributed by atoms with Crippen LogP contribution in [0.5, 0.6) is 0 Å². The van der Waals surface area contributed by atoms with Crippen LogP contribution >= 0.6 is 0 Å². The van der Waals surface area contributed by atoms with Gasteiger partial charge >= 0.3 is 0 Å². The maximum absolute atomic E-state index is 12.6. The first-order chi connectivity index (χ1) is 13.6. The molecule has 2 amide bonds. The molecule has 0 spiro atoms. The number of nitrogens with one attached hydrogen (secondary N) is 1. The Bertz CT molecular complexity index is 1110. The van der Waals surface area contributed by atoms with Crippen molar-refractivity contribution in [2.45, 2.75) is 19.4 Å². The topological polar surface area (TPSA) is 84.3 Å². The highest BCUT2D eigenvalue weighted by Crippen LogP contribution is 2.26. The second kappa shape index (κ2) is 7.64. The fourth-order valence-electron chi connectivity index (χ4n) is 3.49. The molecule has 0 radical (unpaired) electrons. The largest absolute Gasteiger partial charge is 0.345 e. The number of amides is 2. The zero-order chi connectivity index (χ0) is 19.5. The number of fused-ring (bicyclic) bond motifs is 2. The second-order valence-corrected chi connectivity index (χ2v) is 6.75. The van der Waals surface area contributed by atoms with Crippen LogP contribution in [0.1, 0.15) is 12.0 Å². The first kappa shape index (κ1) is 17.9. The molecule has 0 atom stereocenters. The van der Waals surface area contributed by atoms with Gasteiger partial charge in [0.2, 0.25) is 11.8 Å². The first-order valence-electron chi connectivity index (χ1n) is 9.23. The number of carbonyl (C=O) groups is 2. The van der Waals surface area contributed by atoms with Crippen molar-refractivity contribution in [3.63, 3.8) is 0 Å². The molecule has 1 aliphatic heterocycles. The maximum Gasteiger partial charge on any atom is 0.275 e. The minimum atomic E-state index is -0.427. The van der Waals surface area contributed by atoms with E-state index in [2.05, 4.69) is 10.4 Å². The summed E-state index contributed by atoms with van der Waals surface area (Å²) in [5.74, 6) is -0.595. The van der Waals surface area contributed by atoms with Crippen LogP contribution in [0.4, 0.5) is 5.69 Å². The van der Waals surface area contributed by atoms with Gasteiger partial charge in [0.05, 0.1) is 18.1 Å². The molecule has 3 aromatic rings. The SMILES string of the molecule is O=C(Cn1ncc2ccccc2c1=O)NCC(=O)N1CCCc2ccccc21. The molecular formula is C21H20N4O3. The number of nitrogens with zero attached hydrogens (tertiary/aromatic N) is 3. The zero-order valence-electron chi connectivity index (χ0n) is 15.3. The Labute approximate surface area is 161 Å². The molecule has 0 saturated carbocycles. The summed E-state index contributed by atoms with van der Waals surface area (Å²) >= 11 is 0. The fourth-order valence-corrected chi connectivity index (χ4v) is 3.49. The van der Waals surface area contributed by atoms with Crippen LogP contribution < -0.4 is 15.8 Å². The number of aromatic nitrogens is 2. The van der Waals surface area contributed by atoms with Crippen LogP contribution in [0.25, 0.3) is 10.8 Å². The summed E-state index contributed by atoms with van der Waals surface area (Å²) in [6.45, 7) is 0.292. The molecule has 142 valence electrons. The molecule has 0 aliphatic carbocycles. The number of hydrogen-bond donors (Lipinski definition) is 1. The number of aryl methyl sites for hydroxylation is 1. The summed E-state index contributed by atoms with van der Waals surface area (Å²) in [6.07, 6.45) is 3.40. The molecular weight excluding hydrogens is 356 g/mol. The average Bonchev–Trinajstić information content (AvgIpc) is 2.74. The van der Waals surface area contributed by atoms with Gasteiger partial charge < -0.3 is 10.2 Å². The average molecular weight is 376 g/mol. The Hall–Kier alpha value is -3.48. The van der Waals surface area contributed by atoms with Crippen LogP contribution in [-0.2, 0) is 22.6 Å². The van der Waals surface area contributed by atoms with Gasteiger partial charge in [-0.25, -0.2) is 4.68 Å². The molecule has 28 heavy (non-hydrogen) atoms. The highest BCUT2D eigenvalue weighted by Gasteiger charge is 2.22. The summed E-state index contributed by atoms with van der Waals surface area (Å²) in [6, 6.07) is 14.9. The molecule has 1 aliphatic rings. The number of carbonyl (C=O) groups excluding carboxylic acids is 2. The number of rotatable bonds is 4. The van der Waals surface area contributed by atoms with E-state index < -0.39 is 5.91 Å². The van der Waals surface area contributed by atoms with Crippen molar-refractivity contribution < 1.29 is 9.59 Å². The predicted molar refractivity (Wildman–Crippen MR) is 106 cm³/mol. The standard InChI is InChI=1S/C21H20N4O3/c26-19(14-25-21(28)17-9-3-1-7-16(17)12-23-25)22-13-20(27)24-11-5-8-15-6-2-4-10-18(15)24/h1-4,6-7,9-10,12H,5,8,11,13-14H2,(H,22,26). The molecule has 0 fully saturated rings. The maximum atomic E-state index is 12.6. The third kappa shape index (κ3) is 3.51. The summed E-state index contributed by atoms with van der Waals surface area (Å²) < 4.78 is 1.11. The smallest absolute Gasteiger partial charge is 0.275 e. The minimum Gasteiger partial charge on any atom is -0.345 e. The van der Waals surface area contributed by atoms with E-state index in [0.717, 1.165) is 34.2 Å². The lowest BCUT2D eigenvalue weighted by atomic mass is 10.0. The van der Waals surface area contributed by atoms with Crippen LogP contribution in [0.2, 0.25) is 0 Å². The van der Waals surface area contributed by atoms with Gasteiger partial charge in [0.25, 0.3) is 5.56 Å². The highest BCUT2D eigenvalue weighted by atomic mass is 16.2. The number of hydrogen-bond acceptors (Lipinski definition) is 4. The van der Waals surface area contributed by atoms with Gasteiger partial charge in [-0.05, 0) is 30.5 Å². The van der Waals surface area contributed by atoms with E-state index in [9.17, 15) is 14.4 Å². The molecule has 2 heterocycles. The van der Waals surface area contributed by atoms with E-state index in [4.69, 9.17) is 0 Å². The van der Waals surface area contributed by atoms with E-state index in [-0.39, 0.29) is 24.6 Å². The number of benzene rings is 2. The van der Waals surface area contributed by atoms with Crippen molar-refractivity contribution in [3.05, 3.63) is 70.6 Å². The second-order valence-electron chi connectivity index (χ2n) is 6.75. The van der Waals surface area contributed by atoms with Gasteiger partial charge in [0, 0.05) is 17.6 Å². The normalized spacial score (nSPS) is 13.2. The quantitative estimate of drug-likeness (QED) is 0.748. The van der Waals surface area contributed by atoms with Crippen LogP contribution in [0, 0.1) is 0 Å². The molecule has 0 unspecified atom stereocenters. The van der Waals surface area contributed by atoms with Gasteiger partial charge in [-0.3, -0.25) is 14.4 Å². The van der Waals surface area contributed by atoms with Crippen molar-refractivity contribution in [2.75, 3.05) is 18.0 Å². The zero-order valence-corrected chi connectivity index (χ0v) is 15.3. The molecule has 7 heteroatoms. The fraction of sp³-hybridized carbons (Fsp3) is 0.238. The summed E-state index contributed by atoms with van der Waals surface area (Å²) in [5, 5.41) is 7.88. The van der Waals surface area contributed by atoms with Crippen LogP contribution in [0.3, 0.4) is 0 Å². The lowest BCUT2D eigenvalue weighted by Gasteiger charge is -2.29. The van der Waals surface area contributed by atoms with Crippen LogP contribution in [-0.4, -0.2) is 34.7 Å². The van der Waals surface area contributed by atoms with Gasteiger partial charge in [-0.1, -0.05) is 36.4 Å². The van der Waals surface area contributed by atoms with Crippen molar-refractivity contribution in [2.24, 2.45) is 0 Å². The minimum absolute atomic E-state index is 0.116. The monoisotopic (exact) mass is 376 g/mol. The Morgan fingerprint density at radius 2 is 1.86 bits per heavy atom. The van der Waals surface area contributed by atoms with E-state index in [1.807, 2.05) is 30.3 Å². The van der Waals surface area contributed by atoms with Crippen molar-refractivity contribution >= 4 is 28.3 Å². The lowest BCUT2D eigenvalue weighted by Crippen LogP contribution is -2.44. The Balaban J connectivity index is 1.41. The van der Waals surface area contributed by atoms with Gasteiger partial charge in [-0.2, -0.15) is 5.10 Å². The van der Waals surface area contributed by atoms with Crippen molar-refractivity contribution in [1.82, 2.24) is 15.1 Å². The number of anilines is 1. The Kier molecular flexibility index (Phi) is 4.89. The van der Waals surface area contributed by atoms with E-state index in [1.165, 1.54) is 0 Å². The van der Waals surface area contributed by atoms with E-state index >= 15 is 0 Å². The first-order valence-corrected chi connectivity index (χ1v) is 9.23. The lowest BCUT2D eigenvalue weighted by molar-refractivity contribution is -0.125. The Morgan fingerprint density at radius 1 is 1.07 bits per heavy atom. The summed E-state index contributed by atoms with van der Waals surface area (Å²) in [4.78, 5) is 39.0. The molecule has 2 aromatic carbocycles. The van der Waals surface area contributed by atoms with Crippen molar-refractivity contribution in [1.29, 1.82) is 0 Å². The van der Waals surface area contributed by atoms with E-state index in [1.54, 1.807) is 29.3 Å². The third-order valence-electron chi connectivity index (χ3n) is 4.90. The predicted octanol–water partition coefficient (Wildman–Crippen LogP) is 1.49. The molecule has 1 N–H and O–H groups in total. The summed E-state index contributed by atoms with van der Waals surface area (Å²) in [5.41, 5.74) is 1.71. The molecule has 0 saturated heterocycles. The van der Waals surface area contributed by atoms with Crippen LogP contribution in [0.15, 0.2) is 59.5 Å². The summed E-state index contributed by atoms with van der Waals surface area (Å²) in [7, 11) is 0. The van der Waals surface area contributed by atoms with Gasteiger partial charge in [-0.15, -0.1) is 0 Å². The Morgan fingerprint density at radius 3 is 2.75 bits per heavy atom. The number of para-hydroxylation sites is 1. The van der Waals surface area contributed by atoms with E-state index in [0.29, 0.717) is 11.9 Å². The molecule has 4 rings (SSSR count). The molecule has 7 nitrogen and oxygen atoms in total. The van der Waals surface area contributed by atoms with Gasteiger partial charge in [0.15, 0.2) is 0 Å². The van der Waals surface area contributed by atoms with Gasteiger partial charge in [0.1, 0.15) is 6.54 Å².